The van der Waals surface area contributed by atoms with E-state index in [2.05, 4.69) is 21.2 Å². The van der Waals surface area contributed by atoms with Crippen LogP contribution in [0, 0.1) is 0 Å². The summed E-state index contributed by atoms with van der Waals surface area (Å²) in [7, 11) is 1.63. The van der Waals surface area contributed by atoms with Gasteiger partial charge in [0.25, 0.3) is 11.8 Å². The lowest BCUT2D eigenvalue weighted by Crippen LogP contribution is -2.29. The minimum atomic E-state index is -0.247. The third-order valence-electron chi connectivity index (χ3n) is 4.28. The van der Waals surface area contributed by atoms with Crippen LogP contribution in [0.1, 0.15) is 12.0 Å². The maximum absolute atomic E-state index is 12.6. The van der Waals surface area contributed by atoms with Crippen molar-refractivity contribution in [2.75, 3.05) is 32.2 Å². The van der Waals surface area contributed by atoms with Gasteiger partial charge >= 0.3 is 0 Å². The number of thioether (sulfide) groups is 1. The Morgan fingerprint density at radius 1 is 1.19 bits per heavy atom. The molecule has 9 heteroatoms. The Morgan fingerprint density at radius 2 is 1.90 bits per heavy atom. The predicted molar refractivity (Wildman–Crippen MR) is 131 cm³/mol. The zero-order valence-corrected chi connectivity index (χ0v) is 20.0. The van der Waals surface area contributed by atoms with Gasteiger partial charge in [-0.3, -0.25) is 14.5 Å². The quantitative estimate of drug-likeness (QED) is 0.293. The van der Waals surface area contributed by atoms with Gasteiger partial charge in [-0.05, 0) is 54.5 Å². The number of benzene rings is 2. The zero-order chi connectivity index (χ0) is 22.2. The van der Waals surface area contributed by atoms with Gasteiger partial charge in [0.15, 0.2) is 6.61 Å². The summed E-state index contributed by atoms with van der Waals surface area (Å²) < 4.78 is 12.1. The molecule has 0 atom stereocenters. The van der Waals surface area contributed by atoms with Crippen molar-refractivity contribution in [1.29, 1.82) is 0 Å². The van der Waals surface area contributed by atoms with Gasteiger partial charge in [-0.15, -0.1) is 0 Å². The van der Waals surface area contributed by atoms with Crippen LogP contribution in [0.3, 0.4) is 0 Å². The largest absolute Gasteiger partial charge is 0.484 e. The number of nitrogens with zero attached hydrogens (tertiary/aromatic N) is 1. The van der Waals surface area contributed by atoms with E-state index in [1.165, 1.54) is 11.8 Å². The van der Waals surface area contributed by atoms with E-state index < -0.39 is 0 Å². The molecule has 31 heavy (non-hydrogen) atoms. The molecule has 3 rings (SSSR count). The number of ether oxygens (including phenoxy) is 2. The van der Waals surface area contributed by atoms with Crippen molar-refractivity contribution >= 4 is 67.8 Å². The summed E-state index contributed by atoms with van der Waals surface area (Å²) in [6.45, 7) is 1.03. The summed E-state index contributed by atoms with van der Waals surface area (Å²) in [6, 6.07) is 14.5. The Morgan fingerprint density at radius 3 is 2.58 bits per heavy atom. The molecule has 1 N–H and O–H groups in total. The molecule has 162 valence electrons. The van der Waals surface area contributed by atoms with Gasteiger partial charge in [-0.2, -0.15) is 0 Å². The van der Waals surface area contributed by atoms with Gasteiger partial charge in [-0.25, -0.2) is 0 Å². The number of methoxy groups -OCH3 is 1. The Kier molecular flexibility index (Phi) is 8.65. The molecule has 1 heterocycles. The third-order valence-corrected chi connectivity index (χ3v) is 6.19. The minimum absolute atomic E-state index is 0.0870. The molecule has 1 fully saturated rings. The molecule has 0 saturated carbocycles. The van der Waals surface area contributed by atoms with Gasteiger partial charge in [0.05, 0.1) is 4.91 Å². The zero-order valence-electron chi connectivity index (χ0n) is 16.8. The van der Waals surface area contributed by atoms with E-state index in [0.29, 0.717) is 33.8 Å². The molecule has 0 bridgehead atoms. The van der Waals surface area contributed by atoms with Crippen LogP contribution in [-0.4, -0.2) is 47.9 Å². The van der Waals surface area contributed by atoms with Gasteiger partial charge < -0.3 is 14.8 Å². The molecule has 0 spiro atoms. The van der Waals surface area contributed by atoms with Crippen LogP contribution >= 0.6 is 39.9 Å². The topological polar surface area (TPSA) is 67.9 Å². The first kappa shape index (κ1) is 23.5. The highest BCUT2D eigenvalue weighted by molar-refractivity contribution is 9.10. The highest BCUT2D eigenvalue weighted by Crippen LogP contribution is 2.32. The van der Waals surface area contributed by atoms with Crippen molar-refractivity contribution in [3.63, 3.8) is 0 Å². The molecule has 6 nitrogen and oxygen atoms in total. The lowest BCUT2D eigenvalue weighted by atomic mass is 10.2. The summed E-state index contributed by atoms with van der Waals surface area (Å²) in [5, 5.41) is 2.77. The molecular weight excluding hydrogens is 500 g/mol. The van der Waals surface area contributed by atoms with Crippen molar-refractivity contribution in [1.82, 2.24) is 4.90 Å². The van der Waals surface area contributed by atoms with E-state index in [0.717, 1.165) is 16.5 Å². The standard InChI is InChI=1S/C22H21BrN2O4S2/c1-28-12-2-11-25-21(27)19(31-22(25)30)13-15-3-9-18(10-4-15)29-14-20(26)24-17-7-5-16(23)6-8-17/h3-10,13H,2,11-12,14H2,1H3,(H,24,26)/b19-13-. The van der Waals surface area contributed by atoms with E-state index in [9.17, 15) is 9.59 Å². The maximum atomic E-state index is 12.6. The van der Waals surface area contributed by atoms with Gasteiger partial charge in [0, 0.05) is 30.4 Å². The second-order valence-corrected chi connectivity index (χ2v) is 9.18. The van der Waals surface area contributed by atoms with Crippen LogP contribution in [0.2, 0.25) is 0 Å². The fraction of sp³-hybridized carbons (Fsp3) is 0.227. The first-order valence-corrected chi connectivity index (χ1v) is 11.5. The van der Waals surface area contributed by atoms with E-state index in [1.807, 2.05) is 24.3 Å². The highest BCUT2D eigenvalue weighted by atomic mass is 79.9. The number of anilines is 1. The highest BCUT2D eigenvalue weighted by Gasteiger charge is 2.31. The molecule has 0 unspecified atom stereocenters. The van der Waals surface area contributed by atoms with E-state index in [-0.39, 0.29) is 18.4 Å². The average Bonchev–Trinajstić information content (AvgIpc) is 3.02. The van der Waals surface area contributed by atoms with Gasteiger partial charge in [-0.1, -0.05) is 52.0 Å². The molecule has 1 aliphatic rings. The van der Waals surface area contributed by atoms with Crippen LogP contribution in [0.4, 0.5) is 5.69 Å². The number of hydrogen-bond donors (Lipinski definition) is 1. The summed E-state index contributed by atoms with van der Waals surface area (Å²) in [5.74, 6) is 0.231. The van der Waals surface area contributed by atoms with Crippen LogP contribution < -0.4 is 10.1 Å². The normalized spacial score (nSPS) is 14.9. The Labute approximate surface area is 199 Å². The lowest BCUT2D eigenvalue weighted by molar-refractivity contribution is -0.122. The van der Waals surface area contributed by atoms with E-state index in [4.69, 9.17) is 21.7 Å². The molecule has 2 aromatic carbocycles. The molecular formula is C22H21BrN2O4S2. The van der Waals surface area contributed by atoms with Crippen LogP contribution in [0.25, 0.3) is 6.08 Å². The average molecular weight is 521 g/mol. The summed E-state index contributed by atoms with van der Waals surface area (Å²) in [5.41, 5.74) is 1.55. The van der Waals surface area contributed by atoms with Crippen molar-refractivity contribution in [2.24, 2.45) is 0 Å². The molecule has 0 radical (unpaired) electrons. The second kappa shape index (κ2) is 11.4. The van der Waals surface area contributed by atoms with Crippen LogP contribution in [-0.2, 0) is 14.3 Å². The molecule has 2 amide bonds. The number of carbonyl (C=O) groups is 2. The SMILES string of the molecule is COCCCN1C(=O)/C(=C/c2ccc(OCC(=O)Nc3ccc(Br)cc3)cc2)SC1=S. The monoisotopic (exact) mass is 520 g/mol. The lowest BCUT2D eigenvalue weighted by Gasteiger charge is -2.13. The van der Waals surface area contributed by atoms with Gasteiger partial charge in [0.1, 0.15) is 10.1 Å². The minimum Gasteiger partial charge on any atom is -0.484 e. The van der Waals surface area contributed by atoms with Crippen LogP contribution in [0.15, 0.2) is 57.9 Å². The van der Waals surface area contributed by atoms with E-state index >= 15 is 0 Å². The molecule has 1 aliphatic heterocycles. The van der Waals surface area contributed by atoms with Crippen molar-refractivity contribution in [2.45, 2.75) is 6.42 Å². The van der Waals surface area contributed by atoms with Gasteiger partial charge in [0.2, 0.25) is 0 Å². The molecule has 2 aromatic rings. The van der Waals surface area contributed by atoms with E-state index in [1.54, 1.807) is 42.4 Å². The first-order chi connectivity index (χ1) is 15.0. The Bertz CT molecular complexity index is 978. The fourth-order valence-electron chi connectivity index (χ4n) is 2.75. The van der Waals surface area contributed by atoms with Crippen molar-refractivity contribution in [3.05, 3.63) is 63.5 Å². The van der Waals surface area contributed by atoms with Crippen molar-refractivity contribution < 1.29 is 19.1 Å². The first-order valence-electron chi connectivity index (χ1n) is 9.49. The summed E-state index contributed by atoms with van der Waals surface area (Å²) >= 11 is 9.97. The second-order valence-electron chi connectivity index (χ2n) is 6.59. The van der Waals surface area contributed by atoms with Crippen molar-refractivity contribution in [3.8, 4) is 5.75 Å². The third kappa shape index (κ3) is 6.90. The number of amides is 2. The number of nitrogens with one attached hydrogen (secondary N) is 1. The smallest absolute Gasteiger partial charge is 0.266 e. The Hall–Kier alpha value is -2.20. The number of rotatable bonds is 9. The van der Waals surface area contributed by atoms with Crippen LogP contribution in [0.5, 0.6) is 5.75 Å². The Balaban J connectivity index is 1.52. The number of hydrogen-bond acceptors (Lipinski definition) is 6. The molecule has 0 aromatic heterocycles. The molecule has 0 aliphatic carbocycles. The predicted octanol–water partition coefficient (Wildman–Crippen LogP) is 4.70. The number of halogens is 1. The summed E-state index contributed by atoms with van der Waals surface area (Å²) in [6.07, 6.45) is 2.54. The fourth-order valence-corrected chi connectivity index (χ4v) is 4.32. The number of thiocarbonyl (C=S) groups is 1. The number of carbonyl (C=O) groups excluding carboxylic acids is 2. The summed E-state index contributed by atoms with van der Waals surface area (Å²) in [4.78, 5) is 26.8. The molecule has 1 saturated heterocycles. The maximum Gasteiger partial charge on any atom is 0.266 e.